The van der Waals surface area contributed by atoms with Crippen molar-refractivity contribution in [3.63, 3.8) is 0 Å². The van der Waals surface area contributed by atoms with Gasteiger partial charge in [0.05, 0.1) is 12.7 Å². The quantitative estimate of drug-likeness (QED) is 0.268. The van der Waals surface area contributed by atoms with E-state index in [1.807, 2.05) is 34.7 Å². The first-order chi connectivity index (χ1) is 13.5. The minimum Gasteiger partial charge on any atom is -0.444 e. The van der Waals surface area contributed by atoms with Gasteiger partial charge in [-0.2, -0.15) is 5.10 Å². The Labute approximate surface area is 196 Å². The lowest BCUT2D eigenvalue weighted by Gasteiger charge is -2.27. The van der Waals surface area contributed by atoms with Crippen LogP contribution in [0.5, 0.6) is 0 Å². The van der Waals surface area contributed by atoms with Gasteiger partial charge < -0.3 is 25.4 Å². The van der Waals surface area contributed by atoms with Crippen molar-refractivity contribution in [2.24, 2.45) is 12.0 Å². The number of carbonyl (C=O) groups excluding carboxylic acids is 1. The fraction of sp³-hybridized carbons (Fsp3) is 0.750. The smallest absolute Gasteiger partial charge is 0.410 e. The van der Waals surface area contributed by atoms with Crippen LogP contribution in [0.15, 0.2) is 17.4 Å². The van der Waals surface area contributed by atoms with E-state index in [1.54, 1.807) is 28.9 Å². The third-order valence-electron chi connectivity index (χ3n) is 4.48. The summed E-state index contributed by atoms with van der Waals surface area (Å²) in [6.07, 6.45) is 5.18. The van der Waals surface area contributed by atoms with Crippen LogP contribution in [0.4, 0.5) is 4.79 Å². The van der Waals surface area contributed by atoms with Gasteiger partial charge in [-0.1, -0.05) is 0 Å². The Hall–Kier alpha value is -1.56. The molecule has 3 N–H and O–H groups in total. The summed E-state index contributed by atoms with van der Waals surface area (Å²) in [6, 6.07) is 0.262. The van der Waals surface area contributed by atoms with Gasteiger partial charge in [0, 0.05) is 44.5 Å². The number of halogens is 1. The first-order valence-corrected chi connectivity index (χ1v) is 10.2. The summed E-state index contributed by atoms with van der Waals surface area (Å²) < 4.78 is 7.17. The van der Waals surface area contributed by atoms with Gasteiger partial charge in [-0.15, -0.1) is 24.0 Å². The normalized spacial score (nSPS) is 16.3. The molecule has 1 fully saturated rings. The monoisotopic (exact) mass is 536 g/mol. The lowest BCUT2D eigenvalue weighted by molar-refractivity contribution is 0.0238. The fourth-order valence-electron chi connectivity index (χ4n) is 2.79. The van der Waals surface area contributed by atoms with Crippen molar-refractivity contribution in [2.45, 2.75) is 64.7 Å². The number of hydrogen-bond acceptors (Lipinski definition) is 5. The van der Waals surface area contributed by atoms with Gasteiger partial charge >= 0.3 is 6.09 Å². The minimum atomic E-state index is -1.12. The molecule has 30 heavy (non-hydrogen) atoms. The van der Waals surface area contributed by atoms with Gasteiger partial charge in [0.25, 0.3) is 0 Å². The Bertz CT molecular complexity index is 710. The summed E-state index contributed by atoms with van der Waals surface area (Å²) in [6.45, 7) is 11.3. The van der Waals surface area contributed by atoms with Crippen molar-refractivity contribution in [3.8, 4) is 0 Å². The molecule has 2 rings (SSSR count). The zero-order valence-corrected chi connectivity index (χ0v) is 21.3. The number of aliphatic hydroxyl groups is 1. The summed E-state index contributed by atoms with van der Waals surface area (Å²) in [5.74, 6) is 0.594. The van der Waals surface area contributed by atoms with Crippen molar-refractivity contribution in [2.75, 3.05) is 26.2 Å². The first kappa shape index (κ1) is 26.5. The molecule has 1 unspecified atom stereocenters. The predicted molar refractivity (Wildman–Crippen MR) is 128 cm³/mol. The standard InChI is InChI=1S/C20H36N6O3.HI/c1-7-21-17(23-14-20(5,28)15-12-24-25(6)13-15)22-10-11-26(16-8-9-16)18(27)29-19(2,3)4;/h12-13,16,28H,7-11,14H2,1-6H3,(H2,21,22,23);1H. The molecule has 172 valence electrons. The number of rotatable bonds is 8. The van der Waals surface area contributed by atoms with Crippen molar-refractivity contribution in [1.82, 2.24) is 25.3 Å². The second-order valence-corrected chi connectivity index (χ2v) is 8.70. The fourth-order valence-corrected chi connectivity index (χ4v) is 2.79. The van der Waals surface area contributed by atoms with Crippen molar-refractivity contribution >= 4 is 36.0 Å². The van der Waals surface area contributed by atoms with Crippen LogP contribution in [0.3, 0.4) is 0 Å². The molecule has 0 spiro atoms. The highest BCUT2D eigenvalue weighted by atomic mass is 127. The van der Waals surface area contributed by atoms with Gasteiger partial charge in [-0.3, -0.25) is 4.68 Å². The lowest BCUT2D eigenvalue weighted by atomic mass is 10.0. The molecule has 0 saturated heterocycles. The molecule has 1 saturated carbocycles. The van der Waals surface area contributed by atoms with E-state index in [0.29, 0.717) is 31.2 Å². The molecule has 0 aromatic carbocycles. The van der Waals surface area contributed by atoms with E-state index in [-0.39, 0.29) is 42.7 Å². The van der Waals surface area contributed by atoms with Crippen LogP contribution in [-0.4, -0.2) is 69.7 Å². The Morgan fingerprint density at radius 1 is 1.37 bits per heavy atom. The molecule has 1 aliphatic carbocycles. The maximum absolute atomic E-state index is 12.4. The zero-order valence-electron chi connectivity index (χ0n) is 18.9. The highest BCUT2D eigenvalue weighted by Crippen LogP contribution is 2.28. The molecule has 0 radical (unpaired) electrons. The number of carbonyl (C=O) groups is 1. The summed E-state index contributed by atoms with van der Waals surface area (Å²) >= 11 is 0. The molecular weight excluding hydrogens is 499 g/mol. The first-order valence-electron chi connectivity index (χ1n) is 10.2. The minimum absolute atomic E-state index is 0. The lowest BCUT2D eigenvalue weighted by Crippen LogP contribution is -2.45. The maximum atomic E-state index is 12.4. The number of hydrogen-bond donors (Lipinski definition) is 3. The predicted octanol–water partition coefficient (Wildman–Crippen LogP) is 2.20. The van der Waals surface area contributed by atoms with Gasteiger partial charge in [-0.25, -0.2) is 9.79 Å². The average Bonchev–Trinajstić information content (AvgIpc) is 3.34. The summed E-state index contributed by atoms with van der Waals surface area (Å²) in [5.41, 5.74) is -0.913. The van der Waals surface area contributed by atoms with Crippen molar-refractivity contribution in [1.29, 1.82) is 0 Å². The Morgan fingerprint density at radius 2 is 2.03 bits per heavy atom. The molecule has 1 aromatic heterocycles. The number of amides is 1. The molecule has 9 nitrogen and oxygen atoms in total. The molecule has 1 heterocycles. The Kier molecular flexibility index (Phi) is 9.86. The van der Waals surface area contributed by atoms with Crippen LogP contribution in [0.25, 0.3) is 0 Å². The van der Waals surface area contributed by atoms with E-state index in [9.17, 15) is 9.90 Å². The molecule has 1 atom stereocenters. The van der Waals surface area contributed by atoms with Crippen LogP contribution in [0, 0.1) is 0 Å². The number of nitrogens with zero attached hydrogens (tertiary/aromatic N) is 4. The zero-order chi connectivity index (χ0) is 21.7. The van der Waals surface area contributed by atoms with Crippen LogP contribution in [-0.2, 0) is 17.4 Å². The SMILES string of the molecule is CCNC(=NCC(C)(O)c1cnn(C)c1)NCCN(C(=O)OC(C)(C)C)C1CC1.I. The average molecular weight is 536 g/mol. The summed E-state index contributed by atoms with van der Waals surface area (Å²) in [4.78, 5) is 18.7. The largest absolute Gasteiger partial charge is 0.444 e. The summed E-state index contributed by atoms with van der Waals surface area (Å²) in [7, 11) is 1.81. The van der Waals surface area contributed by atoms with Crippen LogP contribution >= 0.6 is 24.0 Å². The molecule has 10 heteroatoms. The number of nitrogens with one attached hydrogen (secondary N) is 2. The topological polar surface area (TPSA) is 104 Å². The van der Waals surface area contributed by atoms with Gasteiger partial charge in [0.15, 0.2) is 5.96 Å². The molecular formula is C20H37IN6O3. The van der Waals surface area contributed by atoms with Crippen LogP contribution < -0.4 is 10.6 Å². The molecule has 0 bridgehead atoms. The Morgan fingerprint density at radius 3 is 2.53 bits per heavy atom. The van der Waals surface area contributed by atoms with E-state index in [2.05, 4.69) is 20.7 Å². The molecule has 0 aliphatic heterocycles. The Balaban J connectivity index is 0.00000450. The number of aromatic nitrogens is 2. The van der Waals surface area contributed by atoms with E-state index >= 15 is 0 Å². The second kappa shape index (κ2) is 11.2. The number of guanidine groups is 1. The van der Waals surface area contributed by atoms with E-state index < -0.39 is 11.2 Å². The van der Waals surface area contributed by atoms with Gasteiger partial charge in [-0.05, 0) is 47.5 Å². The maximum Gasteiger partial charge on any atom is 0.410 e. The highest BCUT2D eigenvalue weighted by molar-refractivity contribution is 14.0. The van der Waals surface area contributed by atoms with E-state index in [1.165, 1.54) is 0 Å². The van der Waals surface area contributed by atoms with Crippen molar-refractivity contribution in [3.05, 3.63) is 18.0 Å². The number of aryl methyl sites for hydroxylation is 1. The summed E-state index contributed by atoms with van der Waals surface area (Å²) in [5, 5.41) is 21.2. The van der Waals surface area contributed by atoms with Gasteiger partial charge in [0.1, 0.15) is 11.2 Å². The third-order valence-corrected chi connectivity index (χ3v) is 4.48. The second-order valence-electron chi connectivity index (χ2n) is 8.70. The molecule has 1 amide bonds. The highest BCUT2D eigenvalue weighted by Gasteiger charge is 2.34. The van der Waals surface area contributed by atoms with Crippen molar-refractivity contribution < 1.29 is 14.6 Å². The number of aliphatic imine (C=N–C) groups is 1. The molecule has 1 aliphatic rings. The number of ether oxygens (including phenoxy) is 1. The van der Waals surface area contributed by atoms with Gasteiger partial charge in [0.2, 0.25) is 0 Å². The molecule has 1 aromatic rings. The van der Waals surface area contributed by atoms with Crippen LogP contribution in [0.1, 0.15) is 53.0 Å². The third kappa shape index (κ3) is 8.66. The van der Waals surface area contributed by atoms with E-state index in [0.717, 1.165) is 12.8 Å². The van der Waals surface area contributed by atoms with Crippen LogP contribution in [0.2, 0.25) is 0 Å². The van der Waals surface area contributed by atoms with E-state index in [4.69, 9.17) is 4.74 Å².